The number of nitrogens with two attached hydrogens (primary N) is 1. The number of hydrogen-bond acceptors (Lipinski definition) is 7. The van der Waals surface area contributed by atoms with Crippen LogP contribution in [-0.2, 0) is 16.1 Å². The van der Waals surface area contributed by atoms with Crippen molar-refractivity contribution in [3.8, 4) is 5.75 Å². The first-order valence-corrected chi connectivity index (χ1v) is 8.84. The molecule has 0 amide bonds. The van der Waals surface area contributed by atoms with E-state index in [-0.39, 0.29) is 25.4 Å². The van der Waals surface area contributed by atoms with Crippen LogP contribution in [0.25, 0.3) is 0 Å². The summed E-state index contributed by atoms with van der Waals surface area (Å²) in [4.78, 5) is 49.8. The van der Waals surface area contributed by atoms with Crippen LogP contribution in [0.15, 0.2) is 33.9 Å². The largest absolute Gasteiger partial charge is 0.493 e. The van der Waals surface area contributed by atoms with E-state index in [9.17, 15) is 19.2 Å². The van der Waals surface area contributed by atoms with E-state index in [1.165, 1.54) is 0 Å². The number of benzene rings is 1. The van der Waals surface area contributed by atoms with Crippen molar-refractivity contribution in [2.24, 2.45) is 0 Å². The fraction of sp³-hybridized carbons (Fsp3) is 0.368. The van der Waals surface area contributed by atoms with Crippen LogP contribution in [0.2, 0.25) is 0 Å². The van der Waals surface area contributed by atoms with Gasteiger partial charge in [-0.05, 0) is 31.0 Å². The van der Waals surface area contributed by atoms with Gasteiger partial charge in [0, 0.05) is 6.54 Å². The first-order chi connectivity index (χ1) is 13.3. The summed E-state index contributed by atoms with van der Waals surface area (Å²) in [5.41, 5.74) is 4.84. The zero-order valence-corrected chi connectivity index (χ0v) is 15.8. The van der Waals surface area contributed by atoms with E-state index >= 15 is 0 Å². The van der Waals surface area contributed by atoms with Crippen molar-refractivity contribution in [3.63, 3.8) is 0 Å². The lowest BCUT2D eigenvalue weighted by Crippen LogP contribution is -2.37. The van der Waals surface area contributed by atoms with E-state index in [2.05, 4.69) is 0 Å². The smallest absolute Gasteiger partial charge is 0.329 e. The van der Waals surface area contributed by atoms with Gasteiger partial charge in [-0.25, -0.2) is 4.79 Å². The number of aryl methyl sites for hydroxylation is 1. The summed E-state index contributed by atoms with van der Waals surface area (Å²) in [5, 5.41) is 0. The Bertz CT molecular complexity index is 976. The molecule has 2 rings (SSSR count). The molecule has 0 saturated carbocycles. The maximum absolute atomic E-state index is 12.3. The van der Waals surface area contributed by atoms with E-state index in [1.54, 1.807) is 6.07 Å². The van der Waals surface area contributed by atoms with Crippen LogP contribution < -0.4 is 21.7 Å². The van der Waals surface area contributed by atoms with Gasteiger partial charge in [0.2, 0.25) is 5.78 Å². The van der Waals surface area contributed by atoms with Crippen LogP contribution in [-0.4, -0.2) is 34.5 Å². The summed E-state index contributed by atoms with van der Waals surface area (Å²) >= 11 is 0. The van der Waals surface area contributed by atoms with E-state index in [0.29, 0.717) is 12.2 Å². The van der Waals surface area contributed by atoms with Gasteiger partial charge < -0.3 is 15.2 Å². The maximum atomic E-state index is 12.3. The van der Waals surface area contributed by atoms with Gasteiger partial charge in [-0.3, -0.25) is 23.9 Å². The Labute approximate surface area is 161 Å². The predicted octanol–water partition coefficient (Wildman–Crippen LogP) is 1.03. The van der Waals surface area contributed by atoms with Crippen molar-refractivity contribution in [2.45, 2.75) is 33.2 Å². The number of nitrogen functional groups attached to an aromatic ring is 1. The van der Waals surface area contributed by atoms with Crippen molar-refractivity contribution < 1.29 is 19.1 Å². The number of rotatable bonds is 9. The average molecular weight is 389 g/mol. The summed E-state index contributed by atoms with van der Waals surface area (Å²) in [6.45, 7) is 3.42. The molecule has 0 unspecified atom stereocenters. The first kappa shape index (κ1) is 20.9. The number of H-pyrrole nitrogens is 1. The third kappa shape index (κ3) is 5.32. The normalized spacial score (nSPS) is 10.5. The minimum absolute atomic E-state index is 0.0671. The molecule has 1 aromatic carbocycles. The van der Waals surface area contributed by atoms with E-state index in [4.69, 9.17) is 15.2 Å². The number of Topliss-reactive ketones (excluding diaryl/α,β-unsaturated/α-hetero) is 1. The molecule has 0 atom stereocenters. The monoisotopic (exact) mass is 389 g/mol. The molecule has 0 bridgehead atoms. The minimum atomic E-state index is -0.904. The molecule has 28 heavy (non-hydrogen) atoms. The van der Waals surface area contributed by atoms with Crippen LogP contribution >= 0.6 is 0 Å². The van der Waals surface area contributed by atoms with Gasteiger partial charge in [0.05, 0.1) is 13.0 Å². The summed E-state index contributed by atoms with van der Waals surface area (Å²) < 4.78 is 11.4. The maximum Gasteiger partial charge on any atom is 0.329 e. The zero-order valence-electron chi connectivity index (χ0n) is 15.8. The van der Waals surface area contributed by atoms with Crippen LogP contribution in [0, 0.1) is 6.92 Å². The van der Waals surface area contributed by atoms with Gasteiger partial charge >= 0.3 is 11.7 Å². The molecule has 0 spiro atoms. The number of hydrogen-bond donors (Lipinski definition) is 2. The van der Waals surface area contributed by atoms with Gasteiger partial charge in [0.15, 0.2) is 6.61 Å². The molecule has 9 heteroatoms. The summed E-state index contributed by atoms with van der Waals surface area (Å²) in [5.74, 6) is -1.05. The topological polar surface area (TPSA) is 133 Å². The third-order valence-corrected chi connectivity index (χ3v) is 3.89. The quantitative estimate of drug-likeness (QED) is 0.483. The van der Waals surface area contributed by atoms with Gasteiger partial charge in [0.1, 0.15) is 17.1 Å². The lowest BCUT2D eigenvalue weighted by molar-refractivity contribution is -0.143. The highest BCUT2D eigenvalue weighted by Crippen LogP contribution is 2.12. The standard InChI is InChI=1S/C19H23N3O6/c1-3-8-22-17(20)16(18(25)21-19(22)26)14(23)11-28-15(24)7-9-27-13-6-4-5-12(2)10-13/h4-6,10H,3,7-9,11,20H2,1-2H3,(H,21,25,26). The fourth-order valence-corrected chi connectivity index (χ4v) is 2.55. The number of carbonyl (C=O) groups excluding carboxylic acids is 2. The number of esters is 1. The number of aromatic nitrogens is 2. The molecule has 3 N–H and O–H groups in total. The third-order valence-electron chi connectivity index (χ3n) is 3.89. The molecule has 0 aliphatic rings. The second kappa shape index (κ2) is 9.54. The molecule has 0 aliphatic heterocycles. The van der Waals surface area contributed by atoms with Crippen molar-refractivity contribution >= 4 is 17.6 Å². The van der Waals surface area contributed by atoms with Crippen molar-refractivity contribution in [1.82, 2.24) is 9.55 Å². The van der Waals surface area contributed by atoms with Gasteiger partial charge in [0.25, 0.3) is 5.56 Å². The van der Waals surface area contributed by atoms with Crippen molar-refractivity contribution in [2.75, 3.05) is 18.9 Å². The second-order valence-corrected chi connectivity index (χ2v) is 6.17. The molecule has 0 radical (unpaired) electrons. The lowest BCUT2D eigenvalue weighted by atomic mass is 10.2. The fourth-order valence-electron chi connectivity index (χ4n) is 2.55. The van der Waals surface area contributed by atoms with Crippen LogP contribution in [0.4, 0.5) is 5.82 Å². The highest BCUT2D eigenvalue weighted by Gasteiger charge is 2.20. The second-order valence-electron chi connectivity index (χ2n) is 6.17. The lowest BCUT2D eigenvalue weighted by Gasteiger charge is -2.11. The molecule has 9 nitrogen and oxygen atoms in total. The van der Waals surface area contributed by atoms with Gasteiger partial charge in [-0.15, -0.1) is 0 Å². The Hall–Kier alpha value is -3.36. The Kier molecular flexibility index (Phi) is 7.14. The number of ether oxygens (including phenoxy) is 2. The number of anilines is 1. The van der Waals surface area contributed by atoms with E-state index in [0.717, 1.165) is 10.1 Å². The SMILES string of the molecule is CCCn1c(N)c(C(=O)COC(=O)CCOc2cccc(C)c2)c(=O)[nH]c1=O. The number of ketones is 1. The van der Waals surface area contributed by atoms with E-state index in [1.807, 2.05) is 37.0 Å². The van der Waals surface area contributed by atoms with Crippen LogP contribution in [0.3, 0.4) is 0 Å². The Morgan fingerprint density at radius 2 is 2.00 bits per heavy atom. The average Bonchev–Trinajstić information content (AvgIpc) is 2.63. The number of nitrogens with one attached hydrogen (secondary N) is 1. The van der Waals surface area contributed by atoms with Gasteiger partial charge in [-0.2, -0.15) is 0 Å². The molecule has 0 aliphatic carbocycles. The molecule has 1 aromatic heterocycles. The molecule has 1 heterocycles. The Balaban J connectivity index is 1.93. The van der Waals surface area contributed by atoms with Crippen LogP contribution in [0.1, 0.15) is 35.7 Å². The number of carbonyl (C=O) groups is 2. The van der Waals surface area contributed by atoms with Gasteiger partial charge in [-0.1, -0.05) is 19.1 Å². The Morgan fingerprint density at radius 1 is 1.25 bits per heavy atom. The van der Waals surface area contributed by atoms with Crippen molar-refractivity contribution in [1.29, 1.82) is 0 Å². The summed E-state index contributed by atoms with van der Waals surface area (Å²) in [7, 11) is 0. The number of nitrogens with zero attached hydrogens (tertiary/aromatic N) is 1. The van der Waals surface area contributed by atoms with Crippen molar-refractivity contribution in [3.05, 3.63) is 56.2 Å². The van der Waals surface area contributed by atoms with E-state index < -0.39 is 35.2 Å². The minimum Gasteiger partial charge on any atom is -0.493 e. The molecule has 0 fully saturated rings. The zero-order chi connectivity index (χ0) is 20.7. The molecule has 150 valence electrons. The summed E-state index contributed by atoms with van der Waals surface area (Å²) in [6.07, 6.45) is 0.516. The molecule has 0 saturated heterocycles. The first-order valence-electron chi connectivity index (χ1n) is 8.84. The summed E-state index contributed by atoms with van der Waals surface area (Å²) in [6, 6.07) is 7.35. The molecular weight excluding hydrogens is 366 g/mol. The van der Waals surface area contributed by atoms with Crippen LogP contribution in [0.5, 0.6) is 5.75 Å². The predicted molar refractivity (Wildman–Crippen MR) is 103 cm³/mol. The molecule has 2 aromatic rings. The highest BCUT2D eigenvalue weighted by molar-refractivity contribution is 6.01. The number of aromatic amines is 1. The highest BCUT2D eigenvalue weighted by atomic mass is 16.5. The Morgan fingerprint density at radius 3 is 2.68 bits per heavy atom. The molecular formula is C19H23N3O6.